The molecule has 7 heteroatoms. The van der Waals surface area contributed by atoms with Gasteiger partial charge in [0.1, 0.15) is 0 Å². The van der Waals surface area contributed by atoms with Gasteiger partial charge in [0, 0.05) is 9.85 Å². The van der Waals surface area contributed by atoms with E-state index in [0.29, 0.717) is 16.2 Å². The summed E-state index contributed by atoms with van der Waals surface area (Å²) in [5, 5.41) is 1.93. The van der Waals surface area contributed by atoms with Crippen LogP contribution >= 0.6 is 39.5 Å². The van der Waals surface area contributed by atoms with Crippen molar-refractivity contribution in [2.45, 2.75) is 0 Å². The van der Waals surface area contributed by atoms with Crippen LogP contribution in [0.4, 0.5) is 0 Å². The smallest absolute Gasteiger partial charge is 0.356 e. The molecule has 0 aromatic carbocycles. The Morgan fingerprint density at radius 2 is 2.31 bits per heavy atom. The van der Waals surface area contributed by atoms with Crippen molar-refractivity contribution in [2.24, 2.45) is 0 Å². The third-order valence-corrected chi connectivity index (χ3v) is 3.84. The van der Waals surface area contributed by atoms with Crippen LogP contribution in [0.25, 0.3) is 10.6 Å². The Morgan fingerprint density at radius 1 is 1.56 bits per heavy atom. The summed E-state index contributed by atoms with van der Waals surface area (Å²) in [6, 6.07) is 1.91. The molecule has 0 amide bonds. The maximum absolute atomic E-state index is 11.5. The van der Waals surface area contributed by atoms with Gasteiger partial charge >= 0.3 is 5.97 Å². The van der Waals surface area contributed by atoms with Gasteiger partial charge < -0.3 is 14.7 Å². The van der Waals surface area contributed by atoms with Crippen LogP contribution < -0.4 is 0 Å². The number of H-pyrrole nitrogens is 2. The second-order valence-corrected chi connectivity index (χ2v) is 5.19. The number of aromatic amines is 2. The van der Waals surface area contributed by atoms with Crippen LogP contribution in [-0.4, -0.2) is 23.0 Å². The van der Waals surface area contributed by atoms with Gasteiger partial charge in [0.25, 0.3) is 0 Å². The van der Waals surface area contributed by atoms with Crippen molar-refractivity contribution in [2.75, 3.05) is 7.11 Å². The number of hydrogen-bond acceptors (Lipinski definition) is 4. The van der Waals surface area contributed by atoms with Crippen LogP contribution in [0, 0.1) is 4.77 Å². The molecule has 0 radical (unpaired) electrons. The van der Waals surface area contributed by atoms with E-state index >= 15 is 0 Å². The first kappa shape index (κ1) is 11.6. The zero-order valence-corrected chi connectivity index (χ0v) is 11.4. The van der Waals surface area contributed by atoms with E-state index < -0.39 is 5.97 Å². The molecule has 84 valence electrons. The van der Waals surface area contributed by atoms with Crippen LogP contribution in [0.15, 0.2) is 15.9 Å². The van der Waals surface area contributed by atoms with E-state index in [2.05, 4.69) is 30.6 Å². The number of carbonyl (C=O) groups is 1. The molecule has 0 unspecified atom stereocenters. The van der Waals surface area contributed by atoms with Crippen LogP contribution in [-0.2, 0) is 4.74 Å². The Morgan fingerprint density at radius 3 is 2.88 bits per heavy atom. The highest BCUT2D eigenvalue weighted by atomic mass is 79.9. The van der Waals surface area contributed by atoms with Crippen LogP contribution in [0.3, 0.4) is 0 Å². The first-order chi connectivity index (χ1) is 7.61. The van der Waals surface area contributed by atoms with Crippen molar-refractivity contribution in [3.8, 4) is 10.6 Å². The SMILES string of the molecule is COC(=O)c1[nH]c(=S)[nH]c1-c1cc(Br)cs1. The molecule has 2 rings (SSSR count). The Bertz CT molecular complexity index is 584. The molecule has 0 bridgehead atoms. The molecule has 0 aliphatic rings. The number of aromatic nitrogens is 2. The molecule has 0 fully saturated rings. The number of methoxy groups -OCH3 is 1. The Labute approximate surface area is 109 Å². The summed E-state index contributed by atoms with van der Waals surface area (Å²) < 4.78 is 6.04. The number of nitrogens with one attached hydrogen (secondary N) is 2. The first-order valence-corrected chi connectivity index (χ1v) is 6.35. The van der Waals surface area contributed by atoms with Crippen molar-refractivity contribution in [3.05, 3.63) is 26.4 Å². The molecule has 2 N–H and O–H groups in total. The van der Waals surface area contributed by atoms with Crippen molar-refractivity contribution < 1.29 is 9.53 Å². The summed E-state index contributed by atoms with van der Waals surface area (Å²) in [4.78, 5) is 18.1. The molecule has 0 atom stereocenters. The Kier molecular flexibility index (Phi) is 3.27. The van der Waals surface area contributed by atoms with Gasteiger partial charge in [-0.3, -0.25) is 0 Å². The molecule has 0 aliphatic heterocycles. The van der Waals surface area contributed by atoms with Gasteiger partial charge in [0.15, 0.2) is 10.5 Å². The zero-order chi connectivity index (χ0) is 11.7. The Hall–Kier alpha value is -0.920. The molecule has 4 nitrogen and oxygen atoms in total. The highest BCUT2D eigenvalue weighted by Gasteiger charge is 2.17. The molecule has 2 heterocycles. The summed E-state index contributed by atoms with van der Waals surface area (Å²) in [7, 11) is 1.33. The van der Waals surface area contributed by atoms with Gasteiger partial charge in [0.2, 0.25) is 0 Å². The fourth-order valence-corrected chi connectivity index (χ4v) is 2.91. The lowest BCUT2D eigenvalue weighted by atomic mass is 10.3. The van der Waals surface area contributed by atoms with Gasteiger partial charge in [-0.25, -0.2) is 4.79 Å². The molecule has 0 spiro atoms. The molecule has 16 heavy (non-hydrogen) atoms. The summed E-state index contributed by atoms with van der Waals surface area (Å²) in [6.07, 6.45) is 0. The predicted octanol–water partition coefficient (Wildman–Crippen LogP) is 3.35. The average Bonchev–Trinajstić information content (AvgIpc) is 2.83. The highest BCUT2D eigenvalue weighted by molar-refractivity contribution is 9.10. The molecular formula is C9H7BrN2O2S2. The third kappa shape index (κ3) is 2.11. The number of imidazole rings is 1. The largest absolute Gasteiger partial charge is 0.464 e. The summed E-state index contributed by atoms with van der Waals surface area (Å²) in [5.41, 5.74) is 1.01. The lowest BCUT2D eigenvalue weighted by Gasteiger charge is -1.98. The number of ether oxygens (including phenoxy) is 1. The third-order valence-electron chi connectivity index (χ3n) is 1.93. The lowest BCUT2D eigenvalue weighted by molar-refractivity contribution is 0.0595. The van der Waals surface area contributed by atoms with Crippen molar-refractivity contribution in [1.82, 2.24) is 9.97 Å². The number of hydrogen-bond donors (Lipinski definition) is 2. The van der Waals surface area contributed by atoms with Gasteiger partial charge in [-0.15, -0.1) is 11.3 Å². The number of halogens is 1. The summed E-state index contributed by atoms with van der Waals surface area (Å²) in [5.74, 6) is -0.438. The van der Waals surface area contributed by atoms with E-state index in [0.717, 1.165) is 9.35 Å². The number of esters is 1. The molecule has 2 aromatic heterocycles. The normalized spacial score (nSPS) is 10.4. The minimum Gasteiger partial charge on any atom is -0.464 e. The summed E-state index contributed by atoms with van der Waals surface area (Å²) in [6.45, 7) is 0. The minimum absolute atomic E-state index is 0.349. The van der Waals surface area contributed by atoms with E-state index in [9.17, 15) is 4.79 Å². The van der Waals surface area contributed by atoms with Crippen molar-refractivity contribution in [1.29, 1.82) is 0 Å². The quantitative estimate of drug-likeness (QED) is 0.659. The monoisotopic (exact) mass is 318 g/mol. The van der Waals surface area contributed by atoms with E-state index in [1.807, 2.05) is 11.4 Å². The molecule has 2 aromatic rings. The standard InChI is InChI=1S/C9H7BrN2O2S2/c1-14-8(13)7-6(11-9(15)12-7)5-2-4(10)3-16-5/h2-3H,1H3,(H2,11,12,15). The van der Waals surface area contributed by atoms with E-state index in [4.69, 9.17) is 12.2 Å². The molecule has 0 saturated heterocycles. The van der Waals surface area contributed by atoms with E-state index in [-0.39, 0.29) is 0 Å². The topological polar surface area (TPSA) is 57.9 Å². The Balaban J connectivity index is 2.56. The second-order valence-electron chi connectivity index (χ2n) is 2.95. The van der Waals surface area contributed by atoms with Gasteiger partial charge in [-0.05, 0) is 34.2 Å². The summed E-state index contributed by atoms with van der Waals surface area (Å²) >= 11 is 9.83. The lowest BCUT2D eigenvalue weighted by Crippen LogP contribution is -2.03. The maximum Gasteiger partial charge on any atom is 0.356 e. The number of thiophene rings is 1. The van der Waals surface area contributed by atoms with E-state index in [1.54, 1.807) is 0 Å². The van der Waals surface area contributed by atoms with Crippen LogP contribution in [0.1, 0.15) is 10.5 Å². The van der Waals surface area contributed by atoms with Crippen LogP contribution in [0.2, 0.25) is 0 Å². The molecule has 0 saturated carbocycles. The minimum atomic E-state index is -0.438. The highest BCUT2D eigenvalue weighted by Crippen LogP contribution is 2.30. The van der Waals surface area contributed by atoms with E-state index in [1.165, 1.54) is 18.4 Å². The maximum atomic E-state index is 11.5. The average molecular weight is 319 g/mol. The molecule has 0 aliphatic carbocycles. The number of carbonyl (C=O) groups excluding carboxylic acids is 1. The van der Waals surface area contributed by atoms with Gasteiger partial charge in [0.05, 0.1) is 17.7 Å². The van der Waals surface area contributed by atoms with Crippen molar-refractivity contribution in [3.63, 3.8) is 0 Å². The second kappa shape index (κ2) is 4.52. The number of rotatable bonds is 2. The fraction of sp³-hybridized carbons (Fsp3) is 0.111. The fourth-order valence-electron chi connectivity index (χ4n) is 1.27. The molecular weight excluding hydrogens is 312 g/mol. The van der Waals surface area contributed by atoms with Crippen molar-refractivity contribution >= 4 is 45.5 Å². The first-order valence-electron chi connectivity index (χ1n) is 4.27. The predicted molar refractivity (Wildman–Crippen MR) is 68.3 cm³/mol. The van der Waals surface area contributed by atoms with Gasteiger partial charge in [-0.2, -0.15) is 0 Å². The van der Waals surface area contributed by atoms with Crippen LogP contribution in [0.5, 0.6) is 0 Å². The van der Waals surface area contributed by atoms with Gasteiger partial charge in [-0.1, -0.05) is 0 Å². The zero-order valence-electron chi connectivity index (χ0n) is 8.17.